The lowest BCUT2D eigenvalue weighted by atomic mass is 9.96. The van der Waals surface area contributed by atoms with Crippen molar-refractivity contribution in [2.75, 3.05) is 9.80 Å². The molecule has 0 bridgehead atoms. The molecule has 0 saturated heterocycles. The van der Waals surface area contributed by atoms with E-state index in [1.54, 1.807) is 0 Å². The van der Waals surface area contributed by atoms with Crippen molar-refractivity contribution in [1.29, 1.82) is 0 Å². The lowest BCUT2D eigenvalue weighted by Gasteiger charge is -2.29. The van der Waals surface area contributed by atoms with E-state index in [0.29, 0.717) is 0 Å². The summed E-state index contributed by atoms with van der Waals surface area (Å²) in [6.45, 7) is 0. The normalized spacial score (nSPS) is 11.6. The van der Waals surface area contributed by atoms with Crippen molar-refractivity contribution < 1.29 is 4.42 Å². The van der Waals surface area contributed by atoms with Crippen molar-refractivity contribution in [2.45, 2.75) is 0 Å². The molecule has 11 aromatic rings. The third-order valence-corrected chi connectivity index (χ3v) is 10.9. The number of benzene rings is 10. The van der Waals surface area contributed by atoms with E-state index in [1.165, 1.54) is 37.7 Å². The van der Waals surface area contributed by atoms with E-state index in [1.807, 2.05) is 6.07 Å². The molecule has 3 heteroatoms. The molecule has 55 heavy (non-hydrogen) atoms. The zero-order chi connectivity index (χ0) is 36.3. The molecule has 0 unspecified atom stereocenters. The van der Waals surface area contributed by atoms with Crippen molar-refractivity contribution in [2.24, 2.45) is 0 Å². The topological polar surface area (TPSA) is 19.6 Å². The fraction of sp³-hybridized carbons (Fsp3) is 0. The molecule has 0 amide bonds. The van der Waals surface area contributed by atoms with Crippen LogP contribution in [0.2, 0.25) is 0 Å². The Morgan fingerprint density at radius 1 is 0.273 bits per heavy atom. The van der Waals surface area contributed by atoms with Gasteiger partial charge in [-0.05, 0) is 123 Å². The van der Waals surface area contributed by atoms with Crippen LogP contribution in [0, 0.1) is 0 Å². The highest BCUT2D eigenvalue weighted by Crippen LogP contribution is 2.45. The fourth-order valence-electron chi connectivity index (χ4n) is 8.42. The Bertz CT molecular complexity index is 3180. The smallest absolute Gasteiger partial charge is 0.143 e. The first-order chi connectivity index (χ1) is 27.3. The molecule has 0 fully saturated rings. The van der Waals surface area contributed by atoms with Crippen LogP contribution >= 0.6 is 0 Å². The summed E-state index contributed by atoms with van der Waals surface area (Å²) >= 11 is 0. The maximum Gasteiger partial charge on any atom is 0.143 e. The van der Waals surface area contributed by atoms with Crippen LogP contribution in [0.3, 0.4) is 0 Å². The first-order valence-electron chi connectivity index (χ1n) is 18.8. The minimum absolute atomic E-state index is 0.897. The van der Waals surface area contributed by atoms with Gasteiger partial charge in [0.2, 0.25) is 0 Å². The van der Waals surface area contributed by atoms with Gasteiger partial charge >= 0.3 is 0 Å². The summed E-state index contributed by atoms with van der Waals surface area (Å²) in [6.07, 6.45) is 0. The Morgan fingerprint density at radius 2 is 0.764 bits per heavy atom. The molecule has 0 aliphatic heterocycles. The second kappa shape index (κ2) is 12.6. The third-order valence-electron chi connectivity index (χ3n) is 10.9. The predicted molar refractivity (Wildman–Crippen MR) is 233 cm³/mol. The van der Waals surface area contributed by atoms with Crippen LogP contribution in [0.1, 0.15) is 0 Å². The van der Waals surface area contributed by atoms with Crippen LogP contribution < -0.4 is 9.80 Å². The number of anilines is 6. The van der Waals surface area contributed by atoms with Gasteiger partial charge in [-0.1, -0.05) is 121 Å². The lowest BCUT2D eigenvalue weighted by Crippen LogP contribution is -2.13. The first-order valence-corrected chi connectivity index (χ1v) is 18.8. The third kappa shape index (κ3) is 5.20. The van der Waals surface area contributed by atoms with Crippen LogP contribution in [0.5, 0.6) is 0 Å². The number of furan rings is 1. The van der Waals surface area contributed by atoms with Gasteiger partial charge in [-0.25, -0.2) is 0 Å². The Balaban J connectivity index is 1.17. The molecule has 11 rings (SSSR count). The minimum Gasteiger partial charge on any atom is -0.455 e. The molecule has 0 aliphatic carbocycles. The second-order valence-corrected chi connectivity index (χ2v) is 14.2. The molecule has 0 spiro atoms. The number of rotatable bonds is 6. The summed E-state index contributed by atoms with van der Waals surface area (Å²) in [7, 11) is 0. The largest absolute Gasteiger partial charge is 0.455 e. The number of fused-ring (bicyclic) bond motifs is 10. The molecule has 0 N–H and O–H groups in total. The van der Waals surface area contributed by atoms with E-state index in [2.05, 4.69) is 210 Å². The number of hydrogen-bond acceptors (Lipinski definition) is 3. The molecule has 0 saturated carbocycles. The van der Waals surface area contributed by atoms with E-state index in [9.17, 15) is 0 Å². The minimum atomic E-state index is 0.897. The number of hydrogen-bond donors (Lipinski definition) is 0. The van der Waals surface area contributed by atoms with Crippen LogP contribution in [-0.2, 0) is 0 Å². The Kier molecular flexibility index (Phi) is 7.17. The maximum atomic E-state index is 6.74. The summed E-state index contributed by atoms with van der Waals surface area (Å²) in [4.78, 5) is 4.70. The molecular formula is C52H34N2O. The maximum absolute atomic E-state index is 6.74. The van der Waals surface area contributed by atoms with Crippen molar-refractivity contribution in [3.8, 4) is 0 Å². The lowest BCUT2D eigenvalue weighted by molar-refractivity contribution is 0.673. The van der Waals surface area contributed by atoms with E-state index in [0.717, 1.165) is 61.4 Å². The van der Waals surface area contributed by atoms with Crippen LogP contribution in [0.25, 0.3) is 65.0 Å². The van der Waals surface area contributed by atoms with Crippen LogP contribution in [0.4, 0.5) is 34.1 Å². The standard InChI is InChI=1S/C52H34N2O/c1-3-16-39(17-4-1)53(40-18-5-2-6-19-40)41-20-13-21-42(33-41)54(43-27-26-37-30-35-14-7-8-15-36(35)31-38(37)32-43)44-28-29-46-45-22-9-10-23-47(45)51-48-24-11-12-25-50(48)55-52(51)49(46)34-44/h1-34H. The van der Waals surface area contributed by atoms with Gasteiger partial charge in [0.1, 0.15) is 11.2 Å². The molecule has 0 radical (unpaired) electrons. The molecule has 1 aromatic heterocycles. The van der Waals surface area contributed by atoms with Gasteiger partial charge in [0.25, 0.3) is 0 Å². The van der Waals surface area contributed by atoms with Crippen LogP contribution in [-0.4, -0.2) is 0 Å². The van der Waals surface area contributed by atoms with E-state index < -0.39 is 0 Å². The van der Waals surface area contributed by atoms with Crippen molar-refractivity contribution in [1.82, 2.24) is 0 Å². The fourth-order valence-corrected chi connectivity index (χ4v) is 8.42. The van der Waals surface area contributed by atoms with Gasteiger partial charge < -0.3 is 14.2 Å². The highest BCUT2D eigenvalue weighted by atomic mass is 16.3. The first kappa shape index (κ1) is 31.2. The van der Waals surface area contributed by atoms with Gasteiger partial charge in [0, 0.05) is 50.3 Å². The van der Waals surface area contributed by atoms with Crippen LogP contribution in [0.15, 0.2) is 211 Å². The van der Waals surface area contributed by atoms with E-state index in [4.69, 9.17) is 4.42 Å². The molecule has 1 heterocycles. The van der Waals surface area contributed by atoms with E-state index in [-0.39, 0.29) is 0 Å². The summed E-state index contributed by atoms with van der Waals surface area (Å²) in [6, 6.07) is 74.0. The summed E-state index contributed by atoms with van der Waals surface area (Å²) in [5.74, 6) is 0. The highest BCUT2D eigenvalue weighted by molar-refractivity contribution is 6.30. The van der Waals surface area contributed by atoms with Gasteiger partial charge in [0.05, 0.1) is 0 Å². The second-order valence-electron chi connectivity index (χ2n) is 14.2. The molecule has 0 aliphatic rings. The summed E-state index contributed by atoms with van der Waals surface area (Å²) in [5, 5.41) is 11.8. The van der Waals surface area contributed by atoms with Gasteiger partial charge in [0.15, 0.2) is 0 Å². The molecular weight excluding hydrogens is 669 g/mol. The van der Waals surface area contributed by atoms with Crippen molar-refractivity contribution >= 4 is 99.2 Å². The zero-order valence-corrected chi connectivity index (χ0v) is 29.9. The summed E-state index contributed by atoms with van der Waals surface area (Å²) in [5.41, 5.74) is 8.25. The predicted octanol–water partition coefficient (Wildman–Crippen LogP) is 15.1. The highest BCUT2D eigenvalue weighted by Gasteiger charge is 2.21. The number of para-hydroxylation sites is 3. The van der Waals surface area contributed by atoms with Crippen molar-refractivity contribution in [3.63, 3.8) is 0 Å². The molecule has 10 aromatic carbocycles. The van der Waals surface area contributed by atoms with Gasteiger partial charge in [-0.3, -0.25) is 0 Å². The van der Waals surface area contributed by atoms with Crippen molar-refractivity contribution in [3.05, 3.63) is 206 Å². The van der Waals surface area contributed by atoms with E-state index >= 15 is 0 Å². The Labute approximate surface area is 318 Å². The van der Waals surface area contributed by atoms with Gasteiger partial charge in [-0.15, -0.1) is 0 Å². The SMILES string of the molecule is c1ccc(N(c2ccccc2)c2cccc(N(c3ccc4cc5ccccc5cc4c3)c3ccc4c5ccccc5c5c6ccccc6oc5c4c3)c2)cc1. The van der Waals surface area contributed by atoms with Gasteiger partial charge in [-0.2, -0.15) is 0 Å². The zero-order valence-electron chi connectivity index (χ0n) is 29.9. The number of nitrogens with zero attached hydrogens (tertiary/aromatic N) is 2. The average molecular weight is 703 g/mol. The Hall–Kier alpha value is -7.36. The quantitative estimate of drug-likeness (QED) is 0.127. The molecule has 0 atom stereocenters. The molecule has 258 valence electrons. The summed E-state index contributed by atoms with van der Waals surface area (Å²) < 4.78 is 6.74. The monoisotopic (exact) mass is 702 g/mol. The average Bonchev–Trinajstić information content (AvgIpc) is 3.65. The molecule has 3 nitrogen and oxygen atoms in total. The Morgan fingerprint density at radius 3 is 1.49 bits per heavy atom.